The Bertz CT molecular complexity index is 484. The van der Waals surface area contributed by atoms with Crippen LogP contribution < -0.4 is 0 Å². The number of terminal acetylenes is 1. The molecule has 1 aromatic heterocycles. The van der Waals surface area contributed by atoms with Gasteiger partial charge < -0.3 is 19.3 Å². The fourth-order valence-electron chi connectivity index (χ4n) is 2.33. The van der Waals surface area contributed by atoms with E-state index in [9.17, 15) is 5.11 Å². The van der Waals surface area contributed by atoms with Crippen molar-refractivity contribution in [2.24, 2.45) is 0 Å². The maximum Gasteiger partial charge on any atom is 0.186 e. The largest absolute Gasteiger partial charge is 0.385 e. The van der Waals surface area contributed by atoms with Crippen molar-refractivity contribution in [2.75, 3.05) is 6.61 Å². The van der Waals surface area contributed by atoms with Crippen LogP contribution in [0.4, 0.5) is 0 Å². The molecule has 0 aromatic carbocycles. The smallest absolute Gasteiger partial charge is 0.186 e. The molecule has 2 aliphatic heterocycles. The predicted octanol–water partition coefficient (Wildman–Crippen LogP) is -0.697. The van der Waals surface area contributed by atoms with E-state index in [1.807, 2.05) is 0 Å². The van der Waals surface area contributed by atoms with E-state index in [1.54, 1.807) is 10.9 Å². The van der Waals surface area contributed by atoms with Crippen molar-refractivity contribution in [1.29, 1.82) is 0 Å². The topological polar surface area (TPSA) is 78.6 Å². The third kappa shape index (κ3) is 2.35. The van der Waals surface area contributed by atoms with Crippen molar-refractivity contribution in [2.45, 2.75) is 44.2 Å². The lowest BCUT2D eigenvalue weighted by Crippen LogP contribution is -2.36. The van der Waals surface area contributed by atoms with Gasteiger partial charge in [0.15, 0.2) is 6.29 Å². The third-order valence-corrected chi connectivity index (χ3v) is 3.29. The molecule has 0 unspecified atom stereocenters. The SMILES string of the molecule is C#CCCO[C@H]1O[C@@H]2Cn3nncc3CO[C@@H]2[C@H]1O. The number of hydrogen-bond acceptors (Lipinski definition) is 6. The average Bonchev–Trinajstić information content (AvgIpc) is 2.91. The van der Waals surface area contributed by atoms with Crippen LogP contribution >= 0.6 is 0 Å². The molecule has 7 nitrogen and oxygen atoms in total. The van der Waals surface area contributed by atoms with Gasteiger partial charge in [-0.15, -0.1) is 17.4 Å². The first-order valence-electron chi connectivity index (χ1n) is 6.17. The average molecular weight is 265 g/mol. The number of aliphatic hydroxyl groups excluding tert-OH is 1. The molecule has 3 rings (SSSR count). The first-order valence-corrected chi connectivity index (χ1v) is 6.17. The Morgan fingerprint density at radius 2 is 2.53 bits per heavy atom. The summed E-state index contributed by atoms with van der Waals surface area (Å²) < 4.78 is 18.5. The highest BCUT2D eigenvalue weighted by Crippen LogP contribution is 2.29. The monoisotopic (exact) mass is 265 g/mol. The number of fused-ring (bicyclic) bond motifs is 2. The van der Waals surface area contributed by atoms with Crippen LogP contribution in [0.2, 0.25) is 0 Å². The zero-order chi connectivity index (χ0) is 13.2. The summed E-state index contributed by atoms with van der Waals surface area (Å²) in [5.74, 6) is 2.47. The molecule has 3 heterocycles. The molecule has 1 N–H and O–H groups in total. The Hall–Kier alpha value is -1.46. The molecule has 4 atom stereocenters. The van der Waals surface area contributed by atoms with Gasteiger partial charge in [-0.3, -0.25) is 0 Å². The first-order chi connectivity index (χ1) is 9.29. The Morgan fingerprint density at radius 1 is 1.63 bits per heavy atom. The Labute approximate surface area is 110 Å². The van der Waals surface area contributed by atoms with Gasteiger partial charge >= 0.3 is 0 Å². The molecule has 0 saturated carbocycles. The highest BCUT2D eigenvalue weighted by Gasteiger charge is 2.46. The molecule has 1 saturated heterocycles. The molecular formula is C12H15N3O4. The molecule has 0 aliphatic carbocycles. The number of aliphatic hydroxyl groups is 1. The van der Waals surface area contributed by atoms with E-state index in [0.29, 0.717) is 26.2 Å². The maximum atomic E-state index is 10.2. The lowest BCUT2D eigenvalue weighted by atomic mass is 10.1. The van der Waals surface area contributed by atoms with Crippen molar-refractivity contribution in [3.63, 3.8) is 0 Å². The molecule has 19 heavy (non-hydrogen) atoms. The number of hydrogen-bond donors (Lipinski definition) is 1. The predicted molar refractivity (Wildman–Crippen MR) is 62.7 cm³/mol. The fourth-order valence-corrected chi connectivity index (χ4v) is 2.33. The van der Waals surface area contributed by atoms with Crippen LogP contribution in [0.3, 0.4) is 0 Å². The van der Waals surface area contributed by atoms with Gasteiger partial charge in [0.1, 0.15) is 18.3 Å². The van der Waals surface area contributed by atoms with Gasteiger partial charge in [-0.1, -0.05) is 5.21 Å². The molecule has 1 fully saturated rings. The first kappa shape index (κ1) is 12.6. The van der Waals surface area contributed by atoms with Crippen LogP contribution in [0.5, 0.6) is 0 Å². The van der Waals surface area contributed by atoms with E-state index in [2.05, 4.69) is 16.2 Å². The minimum Gasteiger partial charge on any atom is -0.385 e. The second kappa shape index (κ2) is 5.27. The molecule has 1 aromatic rings. The summed E-state index contributed by atoms with van der Waals surface area (Å²) in [6.45, 7) is 1.20. The second-order valence-electron chi connectivity index (χ2n) is 4.54. The summed E-state index contributed by atoms with van der Waals surface area (Å²) in [6.07, 6.45) is 5.04. The van der Waals surface area contributed by atoms with Gasteiger partial charge in [0.2, 0.25) is 0 Å². The summed E-state index contributed by atoms with van der Waals surface area (Å²) in [5.41, 5.74) is 0.870. The van der Waals surface area contributed by atoms with E-state index >= 15 is 0 Å². The molecule has 0 spiro atoms. The molecule has 2 aliphatic rings. The quantitative estimate of drug-likeness (QED) is 0.575. The minimum atomic E-state index is -0.819. The van der Waals surface area contributed by atoms with Crippen LogP contribution in [-0.4, -0.2) is 51.3 Å². The molecular weight excluding hydrogens is 250 g/mol. The summed E-state index contributed by atoms with van der Waals surface area (Å²) >= 11 is 0. The molecule has 0 bridgehead atoms. The van der Waals surface area contributed by atoms with Crippen molar-refractivity contribution in [3.05, 3.63) is 11.9 Å². The molecule has 102 valence electrons. The van der Waals surface area contributed by atoms with Crippen LogP contribution in [0.25, 0.3) is 0 Å². The van der Waals surface area contributed by atoms with Crippen molar-refractivity contribution >= 4 is 0 Å². The van der Waals surface area contributed by atoms with Crippen molar-refractivity contribution < 1.29 is 19.3 Å². The van der Waals surface area contributed by atoms with Crippen LogP contribution in [0.1, 0.15) is 12.1 Å². The lowest BCUT2D eigenvalue weighted by Gasteiger charge is -2.17. The zero-order valence-corrected chi connectivity index (χ0v) is 10.3. The number of ether oxygens (including phenoxy) is 3. The minimum absolute atomic E-state index is 0.297. The fraction of sp³-hybridized carbons (Fsp3) is 0.667. The van der Waals surface area contributed by atoms with Crippen LogP contribution in [-0.2, 0) is 27.4 Å². The molecule has 7 heteroatoms. The van der Waals surface area contributed by atoms with Crippen molar-refractivity contribution in [3.8, 4) is 12.3 Å². The summed E-state index contributed by atoms with van der Waals surface area (Å²) in [6, 6.07) is 0. The molecule has 0 amide bonds. The Balaban J connectivity index is 1.67. The summed E-state index contributed by atoms with van der Waals surface area (Å²) in [4.78, 5) is 0. The van der Waals surface area contributed by atoms with Gasteiger partial charge in [0.05, 0.1) is 31.6 Å². The van der Waals surface area contributed by atoms with E-state index in [4.69, 9.17) is 20.6 Å². The highest BCUT2D eigenvalue weighted by molar-refractivity contribution is 4.98. The van der Waals surface area contributed by atoms with Gasteiger partial charge in [-0.25, -0.2) is 4.68 Å². The van der Waals surface area contributed by atoms with Gasteiger partial charge in [-0.2, -0.15) is 0 Å². The highest BCUT2D eigenvalue weighted by atomic mass is 16.7. The molecule has 0 radical (unpaired) electrons. The number of aromatic nitrogens is 3. The Kier molecular flexibility index (Phi) is 3.48. The van der Waals surface area contributed by atoms with Gasteiger partial charge in [0, 0.05) is 6.42 Å². The Morgan fingerprint density at radius 3 is 3.37 bits per heavy atom. The zero-order valence-electron chi connectivity index (χ0n) is 10.3. The van der Waals surface area contributed by atoms with Crippen LogP contribution in [0, 0.1) is 12.3 Å². The lowest BCUT2D eigenvalue weighted by molar-refractivity contribution is -0.166. The van der Waals surface area contributed by atoms with Crippen molar-refractivity contribution in [1.82, 2.24) is 15.0 Å². The third-order valence-electron chi connectivity index (χ3n) is 3.29. The number of nitrogens with zero attached hydrogens (tertiary/aromatic N) is 3. The van der Waals surface area contributed by atoms with Crippen LogP contribution in [0.15, 0.2) is 6.20 Å². The van der Waals surface area contributed by atoms with E-state index in [-0.39, 0.29) is 6.10 Å². The van der Waals surface area contributed by atoms with E-state index in [1.165, 1.54) is 0 Å². The van der Waals surface area contributed by atoms with Gasteiger partial charge in [0.25, 0.3) is 0 Å². The number of rotatable bonds is 3. The second-order valence-corrected chi connectivity index (χ2v) is 4.54. The normalized spacial score (nSPS) is 33.3. The van der Waals surface area contributed by atoms with E-state index < -0.39 is 18.5 Å². The standard InChI is InChI=1S/C12H15N3O4/c1-2-3-4-17-12-10(16)11-9(19-12)6-15-8(7-18-11)5-13-14-15/h1,5,9-12,16H,3-4,6-7H2/t9-,10-,11+,12+/m1/s1. The summed E-state index contributed by atoms with van der Waals surface area (Å²) in [7, 11) is 0. The van der Waals surface area contributed by atoms with Gasteiger partial charge in [-0.05, 0) is 0 Å². The summed E-state index contributed by atoms with van der Waals surface area (Å²) in [5, 5.41) is 17.9. The van der Waals surface area contributed by atoms with E-state index in [0.717, 1.165) is 5.69 Å². The maximum absolute atomic E-state index is 10.2.